The minimum absolute atomic E-state index is 0.151. The monoisotopic (exact) mass is 433 g/mol. The number of methoxy groups -OCH3 is 1. The molecule has 1 N–H and O–H groups in total. The van der Waals surface area contributed by atoms with Gasteiger partial charge in [-0.1, -0.05) is 25.1 Å². The van der Waals surface area contributed by atoms with Crippen LogP contribution in [0.15, 0.2) is 59.5 Å². The zero-order valence-corrected chi connectivity index (χ0v) is 18.8. The number of nitrogens with zero attached hydrogens (tertiary/aromatic N) is 2. The molecule has 3 aromatic rings. The minimum atomic E-state index is -0.157. The zero-order chi connectivity index (χ0) is 22.5. The summed E-state index contributed by atoms with van der Waals surface area (Å²) in [7, 11) is 1.60. The third-order valence-corrected chi connectivity index (χ3v) is 6.20. The van der Waals surface area contributed by atoms with Gasteiger partial charge >= 0.3 is 0 Å². The number of nitrogens with one attached hydrogen (secondary N) is 1. The molecule has 0 aliphatic carbocycles. The minimum Gasteiger partial charge on any atom is -0.497 e. The highest BCUT2D eigenvalue weighted by Gasteiger charge is 2.17. The van der Waals surface area contributed by atoms with Crippen LogP contribution in [0.1, 0.15) is 36.5 Å². The van der Waals surface area contributed by atoms with Gasteiger partial charge in [0.25, 0.3) is 11.5 Å². The molecule has 1 aromatic heterocycles. The standard InChI is InChI=1S/C26H31N3O3/c1-19-7-5-15-28(17-19)16-6-14-27-25(30)24-18-29(20-10-12-21(32-2)13-11-20)26(31)23-9-4-3-8-22(23)24/h3-4,8-13,18-19H,5-7,14-17H2,1-2H3,(H,27,30)/t19-/m1/s1. The summed E-state index contributed by atoms with van der Waals surface area (Å²) in [6.07, 6.45) is 5.12. The number of amides is 1. The molecular formula is C26H31N3O3. The van der Waals surface area contributed by atoms with Gasteiger partial charge in [0.1, 0.15) is 5.75 Å². The highest BCUT2D eigenvalue weighted by molar-refractivity contribution is 6.06. The molecule has 2 heterocycles. The Bertz CT molecular complexity index is 1140. The molecule has 2 aromatic carbocycles. The number of carbonyl (C=O) groups is 1. The number of piperidine rings is 1. The van der Waals surface area contributed by atoms with Crippen LogP contribution in [0.3, 0.4) is 0 Å². The van der Waals surface area contributed by atoms with Gasteiger partial charge in [-0.05, 0) is 68.6 Å². The topological polar surface area (TPSA) is 63.6 Å². The van der Waals surface area contributed by atoms with Crippen molar-refractivity contribution in [3.8, 4) is 11.4 Å². The molecule has 1 saturated heterocycles. The Kier molecular flexibility index (Phi) is 6.90. The third kappa shape index (κ3) is 4.86. The van der Waals surface area contributed by atoms with Crippen LogP contribution in [-0.2, 0) is 0 Å². The number of rotatable bonds is 7. The molecule has 1 aliphatic rings. The number of hydrogen-bond donors (Lipinski definition) is 1. The molecule has 1 aliphatic heterocycles. The molecule has 4 rings (SSSR count). The molecule has 1 fully saturated rings. The summed E-state index contributed by atoms with van der Waals surface area (Å²) >= 11 is 0. The second-order valence-electron chi connectivity index (χ2n) is 8.62. The lowest BCUT2D eigenvalue weighted by Gasteiger charge is -2.30. The van der Waals surface area contributed by atoms with Crippen LogP contribution in [0.25, 0.3) is 16.5 Å². The third-order valence-electron chi connectivity index (χ3n) is 6.20. The molecule has 32 heavy (non-hydrogen) atoms. The number of ether oxygens (including phenoxy) is 1. The van der Waals surface area contributed by atoms with E-state index in [-0.39, 0.29) is 11.5 Å². The van der Waals surface area contributed by atoms with Gasteiger partial charge in [0.15, 0.2) is 0 Å². The summed E-state index contributed by atoms with van der Waals surface area (Å²) in [5.41, 5.74) is 1.04. The van der Waals surface area contributed by atoms with Crippen molar-refractivity contribution in [2.45, 2.75) is 26.2 Å². The number of fused-ring (bicyclic) bond motifs is 1. The van der Waals surface area contributed by atoms with Gasteiger partial charge < -0.3 is 15.0 Å². The first kappa shape index (κ1) is 22.1. The molecule has 6 nitrogen and oxygen atoms in total. The lowest BCUT2D eigenvalue weighted by Crippen LogP contribution is -2.36. The maximum absolute atomic E-state index is 13.1. The van der Waals surface area contributed by atoms with Crippen molar-refractivity contribution >= 4 is 16.7 Å². The van der Waals surface area contributed by atoms with E-state index in [2.05, 4.69) is 17.1 Å². The average Bonchev–Trinajstić information content (AvgIpc) is 2.82. The second-order valence-corrected chi connectivity index (χ2v) is 8.62. The number of aromatic nitrogens is 1. The van der Waals surface area contributed by atoms with Crippen molar-refractivity contribution in [1.82, 2.24) is 14.8 Å². The van der Waals surface area contributed by atoms with Crippen LogP contribution >= 0.6 is 0 Å². The van der Waals surface area contributed by atoms with Gasteiger partial charge in [0.2, 0.25) is 0 Å². The Balaban J connectivity index is 1.53. The van der Waals surface area contributed by atoms with Crippen molar-refractivity contribution < 1.29 is 9.53 Å². The number of pyridine rings is 1. The fourth-order valence-electron chi connectivity index (χ4n) is 4.50. The van der Waals surface area contributed by atoms with Gasteiger partial charge in [0.05, 0.1) is 12.7 Å². The van der Waals surface area contributed by atoms with Crippen LogP contribution in [0.4, 0.5) is 0 Å². The molecule has 1 amide bonds. The highest BCUT2D eigenvalue weighted by atomic mass is 16.5. The second kappa shape index (κ2) is 10.0. The van der Waals surface area contributed by atoms with Gasteiger partial charge in [-0.2, -0.15) is 0 Å². The molecule has 0 unspecified atom stereocenters. The number of hydrogen-bond acceptors (Lipinski definition) is 4. The van der Waals surface area contributed by atoms with E-state index in [0.29, 0.717) is 34.3 Å². The SMILES string of the molecule is COc1ccc(-n2cc(C(=O)NCCCN3CCC[C@@H](C)C3)c3ccccc3c2=O)cc1. The first-order chi connectivity index (χ1) is 15.6. The summed E-state index contributed by atoms with van der Waals surface area (Å²) in [4.78, 5) is 28.7. The highest BCUT2D eigenvalue weighted by Crippen LogP contribution is 2.20. The van der Waals surface area contributed by atoms with Gasteiger partial charge in [-0.15, -0.1) is 0 Å². The molecule has 0 saturated carbocycles. The molecule has 0 radical (unpaired) electrons. The average molecular weight is 434 g/mol. The van der Waals surface area contributed by atoms with Crippen molar-refractivity contribution in [3.05, 3.63) is 70.6 Å². The van der Waals surface area contributed by atoms with Gasteiger partial charge in [-0.25, -0.2) is 0 Å². The Morgan fingerprint density at radius 1 is 1.12 bits per heavy atom. The van der Waals surface area contributed by atoms with Crippen molar-refractivity contribution in [2.75, 3.05) is 33.3 Å². The van der Waals surface area contributed by atoms with E-state index in [4.69, 9.17) is 4.74 Å². The predicted molar refractivity (Wildman–Crippen MR) is 128 cm³/mol. The van der Waals surface area contributed by atoms with Gasteiger partial charge in [-0.3, -0.25) is 14.2 Å². The van der Waals surface area contributed by atoms with E-state index in [9.17, 15) is 9.59 Å². The molecule has 0 bridgehead atoms. The Morgan fingerprint density at radius 3 is 2.59 bits per heavy atom. The Hall–Kier alpha value is -3.12. The summed E-state index contributed by atoms with van der Waals surface area (Å²) in [6, 6.07) is 14.5. The van der Waals surface area contributed by atoms with Gasteiger partial charge in [0, 0.05) is 35.7 Å². The van der Waals surface area contributed by atoms with Crippen molar-refractivity contribution in [1.29, 1.82) is 0 Å². The lowest BCUT2D eigenvalue weighted by atomic mass is 10.0. The Labute approximate surface area is 188 Å². The zero-order valence-electron chi connectivity index (χ0n) is 18.8. The number of likely N-dealkylation sites (tertiary alicyclic amines) is 1. The summed E-state index contributed by atoms with van der Waals surface area (Å²) in [5.74, 6) is 1.31. The van der Waals surface area contributed by atoms with Crippen molar-refractivity contribution in [3.63, 3.8) is 0 Å². The van der Waals surface area contributed by atoms with Crippen LogP contribution in [0.2, 0.25) is 0 Å². The van der Waals surface area contributed by atoms with Crippen molar-refractivity contribution in [2.24, 2.45) is 5.92 Å². The van der Waals surface area contributed by atoms with Crippen LogP contribution in [0, 0.1) is 5.92 Å². The first-order valence-corrected chi connectivity index (χ1v) is 11.4. The molecule has 168 valence electrons. The van der Waals surface area contributed by atoms with E-state index >= 15 is 0 Å². The number of carbonyl (C=O) groups excluding carboxylic acids is 1. The molecule has 1 atom stereocenters. The predicted octanol–water partition coefficient (Wildman–Crippen LogP) is 3.85. The quantitative estimate of drug-likeness (QED) is 0.575. The lowest BCUT2D eigenvalue weighted by molar-refractivity contribution is 0.0951. The van der Waals surface area contributed by atoms with E-state index in [0.717, 1.165) is 32.0 Å². The summed E-state index contributed by atoms with van der Waals surface area (Å²) in [5, 5.41) is 4.25. The largest absolute Gasteiger partial charge is 0.497 e. The van der Waals surface area contributed by atoms with Crippen LogP contribution < -0.4 is 15.6 Å². The van der Waals surface area contributed by atoms with Crippen LogP contribution in [0.5, 0.6) is 5.75 Å². The van der Waals surface area contributed by atoms with E-state index in [1.54, 1.807) is 31.5 Å². The Morgan fingerprint density at radius 2 is 1.88 bits per heavy atom. The molecule has 6 heteroatoms. The first-order valence-electron chi connectivity index (χ1n) is 11.4. The molecule has 0 spiro atoms. The van der Waals surface area contributed by atoms with E-state index in [1.165, 1.54) is 17.4 Å². The maximum atomic E-state index is 13.1. The molecular weight excluding hydrogens is 402 g/mol. The summed E-state index contributed by atoms with van der Waals surface area (Å²) < 4.78 is 6.75. The van der Waals surface area contributed by atoms with Crippen LogP contribution in [-0.4, -0.2) is 48.7 Å². The fraction of sp³-hybridized carbons (Fsp3) is 0.385. The summed E-state index contributed by atoms with van der Waals surface area (Å²) in [6.45, 7) is 6.20. The fourth-order valence-corrected chi connectivity index (χ4v) is 4.50. The van der Waals surface area contributed by atoms with E-state index < -0.39 is 0 Å². The normalized spacial score (nSPS) is 16.8. The smallest absolute Gasteiger partial charge is 0.262 e. The maximum Gasteiger partial charge on any atom is 0.262 e. The van der Waals surface area contributed by atoms with E-state index in [1.807, 2.05) is 30.3 Å². The number of benzene rings is 2.